The van der Waals surface area contributed by atoms with E-state index in [0.717, 1.165) is 57.6 Å². The SMILES string of the molecule is CN=C(NCCCOCC1CC1)NCCC(=O)N1CCc2sccc2C1.I. The Kier molecular flexibility index (Phi) is 9.84. The second kappa shape index (κ2) is 11.9. The number of fused-ring (bicyclic) bond motifs is 1. The van der Waals surface area contributed by atoms with Crippen molar-refractivity contribution in [2.75, 3.05) is 39.9 Å². The van der Waals surface area contributed by atoms with E-state index in [2.05, 4.69) is 27.1 Å². The summed E-state index contributed by atoms with van der Waals surface area (Å²) >= 11 is 1.80. The average Bonchev–Trinajstić information content (AvgIpc) is 3.36. The van der Waals surface area contributed by atoms with E-state index in [4.69, 9.17) is 4.74 Å². The summed E-state index contributed by atoms with van der Waals surface area (Å²) in [5, 5.41) is 8.61. The fraction of sp³-hybridized carbons (Fsp3) is 0.684. The standard InChI is InChI=1S/C19H30N4O2S.HI/c1-20-19(21-8-2-11-25-14-15-3-4-15)22-9-5-18(24)23-10-6-17-16(13-23)7-12-26-17;/h7,12,15H,2-6,8-11,13-14H2,1H3,(H2,20,21,22);1H. The Morgan fingerprint density at radius 2 is 2.19 bits per heavy atom. The normalized spacial score (nSPS) is 16.5. The van der Waals surface area contributed by atoms with Crippen LogP contribution in [0.15, 0.2) is 16.4 Å². The zero-order valence-electron chi connectivity index (χ0n) is 16.0. The quantitative estimate of drug-likeness (QED) is 0.234. The fourth-order valence-electron chi connectivity index (χ4n) is 3.04. The third-order valence-electron chi connectivity index (χ3n) is 4.82. The molecule has 27 heavy (non-hydrogen) atoms. The third-order valence-corrected chi connectivity index (χ3v) is 5.85. The molecule has 1 aliphatic carbocycles. The van der Waals surface area contributed by atoms with Crippen LogP contribution < -0.4 is 10.6 Å². The van der Waals surface area contributed by atoms with Gasteiger partial charge in [-0.05, 0) is 48.6 Å². The number of carbonyl (C=O) groups excluding carboxylic acids is 1. The highest BCUT2D eigenvalue weighted by atomic mass is 127. The van der Waals surface area contributed by atoms with Gasteiger partial charge in [0.15, 0.2) is 5.96 Å². The van der Waals surface area contributed by atoms with Crippen LogP contribution in [-0.4, -0.2) is 56.7 Å². The van der Waals surface area contributed by atoms with Gasteiger partial charge in [0.25, 0.3) is 0 Å². The number of amides is 1. The summed E-state index contributed by atoms with van der Waals surface area (Å²) < 4.78 is 5.62. The number of ether oxygens (including phenoxy) is 1. The van der Waals surface area contributed by atoms with E-state index in [0.29, 0.717) is 13.0 Å². The van der Waals surface area contributed by atoms with Crippen LogP contribution in [0, 0.1) is 5.92 Å². The summed E-state index contributed by atoms with van der Waals surface area (Å²) in [5.41, 5.74) is 1.31. The number of rotatable bonds is 9. The van der Waals surface area contributed by atoms with Gasteiger partial charge in [0.05, 0.1) is 0 Å². The van der Waals surface area contributed by atoms with Gasteiger partial charge in [-0.1, -0.05) is 0 Å². The number of nitrogens with one attached hydrogen (secondary N) is 2. The van der Waals surface area contributed by atoms with Gasteiger partial charge in [-0.15, -0.1) is 35.3 Å². The van der Waals surface area contributed by atoms with Crippen LogP contribution in [0.25, 0.3) is 0 Å². The summed E-state index contributed by atoms with van der Waals surface area (Å²) in [6.07, 6.45) is 5.10. The molecule has 2 heterocycles. The Morgan fingerprint density at radius 1 is 1.37 bits per heavy atom. The van der Waals surface area contributed by atoms with E-state index in [1.807, 2.05) is 4.90 Å². The zero-order valence-corrected chi connectivity index (χ0v) is 19.2. The van der Waals surface area contributed by atoms with Crippen molar-refractivity contribution in [1.29, 1.82) is 0 Å². The second-order valence-corrected chi connectivity index (χ2v) is 7.98. The lowest BCUT2D eigenvalue weighted by Crippen LogP contribution is -2.41. The molecule has 1 aromatic rings. The van der Waals surface area contributed by atoms with Gasteiger partial charge in [-0.25, -0.2) is 0 Å². The molecule has 0 unspecified atom stereocenters. The third kappa shape index (κ3) is 7.57. The molecule has 0 bridgehead atoms. The number of nitrogens with zero attached hydrogens (tertiary/aromatic N) is 2. The van der Waals surface area contributed by atoms with E-state index < -0.39 is 0 Å². The largest absolute Gasteiger partial charge is 0.381 e. The van der Waals surface area contributed by atoms with Crippen molar-refractivity contribution in [2.45, 2.75) is 38.6 Å². The van der Waals surface area contributed by atoms with E-state index in [1.165, 1.54) is 23.3 Å². The molecule has 1 fully saturated rings. The Morgan fingerprint density at radius 3 is 2.96 bits per heavy atom. The number of carbonyl (C=O) groups is 1. The van der Waals surface area contributed by atoms with Crippen LogP contribution in [0.5, 0.6) is 0 Å². The molecule has 3 rings (SSSR count). The molecule has 1 aliphatic heterocycles. The first-order chi connectivity index (χ1) is 12.8. The van der Waals surface area contributed by atoms with Gasteiger partial charge >= 0.3 is 0 Å². The lowest BCUT2D eigenvalue weighted by atomic mass is 10.1. The molecule has 0 spiro atoms. The van der Waals surface area contributed by atoms with Gasteiger partial charge in [-0.2, -0.15) is 0 Å². The van der Waals surface area contributed by atoms with Crippen molar-refractivity contribution >= 4 is 47.2 Å². The highest BCUT2D eigenvalue weighted by molar-refractivity contribution is 14.0. The summed E-state index contributed by atoms with van der Waals surface area (Å²) in [6, 6.07) is 2.14. The summed E-state index contributed by atoms with van der Waals surface area (Å²) in [5.74, 6) is 1.78. The number of hydrogen-bond donors (Lipinski definition) is 2. The van der Waals surface area contributed by atoms with Crippen molar-refractivity contribution in [3.8, 4) is 0 Å². The van der Waals surface area contributed by atoms with Crippen molar-refractivity contribution in [3.05, 3.63) is 21.9 Å². The van der Waals surface area contributed by atoms with E-state index in [1.54, 1.807) is 18.4 Å². The second-order valence-electron chi connectivity index (χ2n) is 6.98. The van der Waals surface area contributed by atoms with Crippen molar-refractivity contribution < 1.29 is 9.53 Å². The molecule has 0 atom stereocenters. The van der Waals surface area contributed by atoms with Crippen LogP contribution in [0.3, 0.4) is 0 Å². The lowest BCUT2D eigenvalue weighted by Gasteiger charge is -2.27. The highest BCUT2D eigenvalue weighted by Gasteiger charge is 2.21. The highest BCUT2D eigenvalue weighted by Crippen LogP contribution is 2.28. The minimum absolute atomic E-state index is 0. The van der Waals surface area contributed by atoms with Crippen molar-refractivity contribution in [3.63, 3.8) is 0 Å². The minimum atomic E-state index is 0. The maximum Gasteiger partial charge on any atom is 0.224 e. The first-order valence-electron chi connectivity index (χ1n) is 9.61. The van der Waals surface area contributed by atoms with Gasteiger partial charge in [0.1, 0.15) is 0 Å². The lowest BCUT2D eigenvalue weighted by molar-refractivity contribution is -0.131. The molecule has 6 nitrogen and oxygen atoms in total. The predicted octanol–water partition coefficient (Wildman–Crippen LogP) is 2.62. The van der Waals surface area contributed by atoms with Crippen LogP contribution in [0.2, 0.25) is 0 Å². The van der Waals surface area contributed by atoms with Gasteiger partial charge < -0.3 is 20.3 Å². The summed E-state index contributed by atoms with van der Waals surface area (Å²) in [7, 11) is 1.75. The zero-order chi connectivity index (χ0) is 18.2. The molecule has 0 aromatic carbocycles. The first-order valence-corrected chi connectivity index (χ1v) is 10.5. The Balaban J connectivity index is 0.00000261. The molecular weight excluding hydrogens is 475 g/mol. The molecule has 0 saturated heterocycles. The smallest absolute Gasteiger partial charge is 0.224 e. The molecular formula is C19H31IN4O2S. The number of halogens is 1. The van der Waals surface area contributed by atoms with Crippen LogP contribution >= 0.6 is 35.3 Å². The first kappa shape index (κ1) is 22.4. The minimum Gasteiger partial charge on any atom is -0.381 e. The van der Waals surface area contributed by atoms with Gasteiger partial charge in [0, 0.05) is 57.7 Å². The molecule has 152 valence electrons. The molecule has 1 amide bonds. The van der Waals surface area contributed by atoms with E-state index in [-0.39, 0.29) is 29.9 Å². The van der Waals surface area contributed by atoms with E-state index in [9.17, 15) is 4.79 Å². The van der Waals surface area contributed by atoms with E-state index >= 15 is 0 Å². The fourth-order valence-corrected chi connectivity index (χ4v) is 3.93. The maximum absolute atomic E-state index is 12.4. The summed E-state index contributed by atoms with van der Waals surface area (Å²) in [4.78, 5) is 20.0. The molecule has 1 saturated carbocycles. The average molecular weight is 506 g/mol. The van der Waals surface area contributed by atoms with Crippen molar-refractivity contribution in [1.82, 2.24) is 15.5 Å². The van der Waals surface area contributed by atoms with Crippen LogP contribution in [0.4, 0.5) is 0 Å². The predicted molar refractivity (Wildman–Crippen MR) is 121 cm³/mol. The topological polar surface area (TPSA) is 66.0 Å². The Hall–Kier alpha value is -0.870. The Bertz CT molecular complexity index is 619. The molecule has 1 aromatic heterocycles. The molecule has 0 radical (unpaired) electrons. The summed E-state index contributed by atoms with van der Waals surface area (Å²) in [6.45, 7) is 4.72. The van der Waals surface area contributed by atoms with Crippen molar-refractivity contribution in [2.24, 2.45) is 10.9 Å². The molecule has 2 aliphatic rings. The molecule has 8 heteroatoms. The number of aliphatic imine (C=N–C) groups is 1. The number of guanidine groups is 1. The maximum atomic E-state index is 12.4. The number of hydrogen-bond acceptors (Lipinski definition) is 4. The molecule has 2 N–H and O–H groups in total. The van der Waals surface area contributed by atoms with Gasteiger partial charge in [0.2, 0.25) is 5.91 Å². The van der Waals surface area contributed by atoms with Crippen LogP contribution in [-0.2, 0) is 22.5 Å². The van der Waals surface area contributed by atoms with Crippen LogP contribution in [0.1, 0.15) is 36.1 Å². The monoisotopic (exact) mass is 506 g/mol. The number of thiophene rings is 1. The Labute approximate surface area is 183 Å². The van der Waals surface area contributed by atoms with Gasteiger partial charge in [-0.3, -0.25) is 9.79 Å².